The van der Waals surface area contributed by atoms with E-state index in [9.17, 15) is 4.79 Å². The number of carboxylic acid groups (broad SMARTS) is 1. The zero-order chi connectivity index (χ0) is 5.86. The Morgan fingerprint density at radius 3 is 2.00 bits per heavy atom. The Hall–Kier alpha value is 1.31. The average molecular weight is 397 g/mol. The predicted molar refractivity (Wildman–Crippen MR) is 53.7 cm³/mol. The van der Waals surface area contributed by atoms with E-state index in [0.29, 0.717) is 3.58 Å². The van der Waals surface area contributed by atoms with Gasteiger partial charge >= 0.3 is 25.8 Å². The first kappa shape index (κ1) is 12.0. The monoisotopic (exact) mass is 396 g/mol. The molecule has 0 atom stereocenters. The Morgan fingerprint density at radius 1 is 1.62 bits per heavy atom. The first-order chi connectivity index (χ1) is 3.18. The van der Waals surface area contributed by atoms with Crippen molar-refractivity contribution in [3.63, 3.8) is 0 Å². The van der Waals surface area contributed by atoms with Crippen LogP contribution in [0, 0.1) is 0 Å². The van der Waals surface area contributed by atoms with E-state index in [1.807, 2.05) is 22.6 Å². The molecule has 0 unspecified atom stereocenters. The van der Waals surface area contributed by atoms with Crippen molar-refractivity contribution >= 4 is 70.9 Å². The first-order valence-electron chi connectivity index (χ1n) is 1.37. The molecule has 0 aromatic carbocycles. The Balaban J connectivity index is 0. The Labute approximate surface area is 87.4 Å². The summed E-state index contributed by atoms with van der Waals surface area (Å²) in [6, 6.07) is 0. The van der Waals surface area contributed by atoms with Crippen molar-refractivity contribution in [1.29, 1.82) is 0 Å². The fourth-order valence-electron chi connectivity index (χ4n) is 0.0467. The van der Waals surface area contributed by atoms with Crippen molar-refractivity contribution < 1.29 is 9.90 Å². The molecule has 0 aliphatic carbocycles. The van der Waals surface area contributed by atoms with Gasteiger partial charge in [-0.1, -0.05) is 22.6 Å². The van der Waals surface area contributed by atoms with Gasteiger partial charge in [0.2, 0.25) is 0 Å². The fraction of sp³-hybridized carbons (Fsp3) is 0. The number of carbonyl (C=O) groups is 1. The quantitative estimate of drug-likeness (QED) is 0.400. The van der Waals surface area contributed by atoms with Gasteiger partial charge in [-0.3, -0.25) is 0 Å². The summed E-state index contributed by atoms with van der Waals surface area (Å²) in [6.45, 7) is 0. The molecular weight excluding hydrogens is 392 g/mol. The molecule has 0 amide bonds. The summed E-state index contributed by atoms with van der Waals surface area (Å²) < 4.78 is 1.86. The van der Waals surface area contributed by atoms with E-state index >= 15 is 0 Å². The zero-order valence-corrected chi connectivity index (χ0v) is 7.50. The average Bonchev–Trinajstić information content (AvgIpc) is 1.65. The van der Waals surface area contributed by atoms with E-state index in [0.717, 1.165) is 0 Å². The van der Waals surface area contributed by atoms with Crippen molar-refractivity contribution in [3.8, 4) is 0 Å². The number of hydrogen-bond acceptors (Lipinski definition) is 1. The van der Waals surface area contributed by atoms with E-state index in [1.54, 1.807) is 22.6 Å². The van der Waals surface area contributed by atoms with Gasteiger partial charge in [-0.2, -0.15) is 0 Å². The maximum atomic E-state index is 9.85. The molecule has 5 heteroatoms. The normalized spacial score (nSPS) is 10.0. The van der Waals surface area contributed by atoms with Crippen LogP contribution in [0.25, 0.3) is 0 Å². The summed E-state index contributed by atoms with van der Waals surface area (Å²) in [4.78, 5) is 9.85. The van der Waals surface area contributed by atoms with Gasteiger partial charge in [0.25, 0.3) is 0 Å². The van der Waals surface area contributed by atoms with E-state index < -0.39 is 5.97 Å². The van der Waals surface area contributed by atoms with Crippen LogP contribution in [0.1, 0.15) is 0 Å². The van der Waals surface area contributed by atoms with Crippen LogP contribution in [0.15, 0.2) is 7.66 Å². The van der Waals surface area contributed by atoms with Crippen molar-refractivity contribution in [2.45, 2.75) is 0 Å². The van der Waals surface area contributed by atoms with Gasteiger partial charge in [-0.05, 0) is 26.7 Å². The molecule has 0 aliphatic heterocycles. The number of aliphatic carboxylic acids is 1. The summed E-state index contributed by atoms with van der Waals surface area (Å²) in [5.41, 5.74) is 0. The zero-order valence-electron chi connectivity index (χ0n) is 3.19. The number of halogens is 2. The fourth-order valence-corrected chi connectivity index (χ4v) is 0.313. The van der Waals surface area contributed by atoms with E-state index in [2.05, 4.69) is 0 Å². The van der Waals surface area contributed by atoms with Gasteiger partial charge < -0.3 is 5.11 Å². The Kier molecular flexibility index (Phi) is 9.66. The molecule has 0 aromatic rings. The third kappa shape index (κ3) is 5.44. The summed E-state index contributed by atoms with van der Waals surface area (Å²) >= 11 is 3.63. The Morgan fingerprint density at radius 2 is 2.00 bits per heavy atom. The van der Waals surface area contributed by atoms with Gasteiger partial charge in [-0.15, -0.1) is 0 Å². The van der Waals surface area contributed by atoms with Crippen LogP contribution >= 0.6 is 45.2 Å². The maximum absolute atomic E-state index is 9.85. The van der Waals surface area contributed by atoms with E-state index in [1.165, 1.54) is 4.08 Å². The summed E-state index contributed by atoms with van der Waals surface area (Å²) in [5.74, 6) is -0.866. The minimum absolute atomic E-state index is 0. The van der Waals surface area contributed by atoms with Crippen molar-refractivity contribution in [2.75, 3.05) is 0 Å². The molecule has 8 heavy (non-hydrogen) atoms. The molecule has 0 bridgehead atoms. The van der Waals surface area contributed by atoms with Crippen molar-refractivity contribution in [2.24, 2.45) is 0 Å². The van der Waals surface area contributed by atoms with Gasteiger partial charge in [0.05, 0.1) is 0 Å². The summed E-state index contributed by atoms with van der Waals surface area (Å²) in [5, 5.41) is 8.10. The van der Waals surface area contributed by atoms with Crippen LogP contribution < -0.4 is 0 Å². The third-order valence-corrected chi connectivity index (χ3v) is 2.89. The van der Waals surface area contributed by atoms with Crippen LogP contribution in [0.5, 0.6) is 0 Å². The first-order valence-corrected chi connectivity index (χ1v) is 3.70. The van der Waals surface area contributed by atoms with Crippen molar-refractivity contribution in [1.82, 2.24) is 0 Å². The molecule has 0 fully saturated rings. The molecule has 0 saturated carbocycles. The molecular formula is C3H5GaI2O2. The molecule has 46 valence electrons. The van der Waals surface area contributed by atoms with Crippen LogP contribution in [0.4, 0.5) is 0 Å². The topological polar surface area (TPSA) is 37.3 Å². The van der Waals surface area contributed by atoms with Gasteiger partial charge in [0.1, 0.15) is 3.58 Å². The summed E-state index contributed by atoms with van der Waals surface area (Å²) in [6.07, 6.45) is 0. The summed E-state index contributed by atoms with van der Waals surface area (Å²) in [7, 11) is 0. The molecule has 0 radical (unpaired) electrons. The van der Waals surface area contributed by atoms with Crippen LogP contribution in [-0.4, -0.2) is 30.9 Å². The molecule has 2 nitrogen and oxygen atoms in total. The molecule has 1 N–H and O–H groups in total. The van der Waals surface area contributed by atoms with Gasteiger partial charge in [0.15, 0.2) is 0 Å². The minimum atomic E-state index is -0.866. The third-order valence-electron chi connectivity index (χ3n) is 0.300. The Bertz CT molecular complexity index is 112. The standard InChI is InChI=1S/C3H2I2O2.Ga.3H/c4-1-2(5)3(6)7;;;;/h1H,(H,6,7);;;;. The molecule has 0 saturated heterocycles. The molecule has 0 heterocycles. The van der Waals surface area contributed by atoms with Crippen molar-refractivity contribution in [3.05, 3.63) is 7.66 Å². The second-order valence-electron chi connectivity index (χ2n) is 0.762. The van der Waals surface area contributed by atoms with Crippen LogP contribution in [-0.2, 0) is 4.79 Å². The second kappa shape index (κ2) is 6.43. The van der Waals surface area contributed by atoms with Crippen LogP contribution in [0.3, 0.4) is 0 Å². The van der Waals surface area contributed by atoms with Gasteiger partial charge in [0, 0.05) is 0 Å². The number of hydrogen-bond donors (Lipinski definition) is 1. The molecule has 0 aromatic heterocycles. The van der Waals surface area contributed by atoms with Gasteiger partial charge in [-0.25, -0.2) is 4.79 Å². The molecule has 0 rings (SSSR count). The number of rotatable bonds is 1. The predicted octanol–water partition coefficient (Wildman–Crippen LogP) is 0.599. The van der Waals surface area contributed by atoms with E-state index in [4.69, 9.17) is 5.11 Å². The second-order valence-corrected chi connectivity index (χ2v) is 2.55. The van der Waals surface area contributed by atoms with Crippen LogP contribution in [0.2, 0.25) is 0 Å². The molecule has 0 spiro atoms. The SMILES string of the molecule is O=C(O)C(I)=CI.[GaH3]. The molecule has 0 aliphatic rings. The van der Waals surface area contributed by atoms with E-state index in [-0.39, 0.29) is 19.8 Å². The number of carboxylic acids is 1.